The van der Waals surface area contributed by atoms with Crippen molar-refractivity contribution in [1.29, 1.82) is 0 Å². The van der Waals surface area contributed by atoms with Gasteiger partial charge < -0.3 is 4.57 Å². The molecule has 0 amide bonds. The second kappa shape index (κ2) is 4.77. The number of pyridine rings is 2. The second-order valence-corrected chi connectivity index (χ2v) is 4.96. The third kappa shape index (κ3) is 2.11. The summed E-state index contributed by atoms with van der Waals surface area (Å²) in [5.41, 5.74) is 0.609. The van der Waals surface area contributed by atoms with Crippen LogP contribution in [-0.2, 0) is 7.05 Å². The van der Waals surface area contributed by atoms with E-state index in [9.17, 15) is 13.6 Å². The van der Waals surface area contributed by atoms with Crippen molar-refractivity contribution in [1.82, 2.24) is 9.55 Å². The summed E-state index contributed by atoms with van der Waals surface area (Å²) in [6, 6.07) is 3.94. The molecule has 0 bridgehead atoms. The lowest BCUT2D eigenvalue weighted by Gasteiger charge is -2.11. The van der Waals surface area contributed by atoms with Crippen molar-refractivity contribution in [3.8, 4) is 11.1 Å². The van der Waals surface area contributed by atoms with Gasteiger partial charge in [0.05, 0.1) is 5.39 Å². The van der Waals surface area contributed by atoms with Crippen molar-refractivity contribution in [2.45, 2.75) is 6.92 Å². The lowest BCUT2D eigenvalue weighted by atomic mass is 10.00. The number of aromatic nitrogens is 2. The number of hydrogen-bond acceptors (Lipinski definition) is 2. The summed E-state index contributed by atoms with van der Waals surface area (Å²) >= 11 is 0. The van der Waals surface area contributed by atoms with Crippen molar-refractivity contribution in [3.63, 3.8) is 0 Å². The number of halogens is 2. The van der Waals surface area contributed by atoms with Crippen LogP contribution in [0, 0.1) is 18.6 Å². The Hall–Kier alpha value is -2.56. The average molecular weight is 286 g/mol. The molecule has 0 aliphatic carbocycles. The molecule has 1 aromatic carbocycles. The van der Waals surface area contributed by atoms with E-state index in [1.54, 1.807) is 13.1 Å². The van der Waals surface area contributed by atoms with E-state index in [4.69, 9.17) is 0 Å². The predicted molar refractivity (Wildman–Crippen MR) is 77.1 cm³/mol. The molecule has 0 N–H and O–H groups in total. The van der Waals surface area contributed by atoms with Gasteiger partial charge in [-0.1, -0.05) is 0 Å². The molecule has 0 unspecified atom stereocenters. The molecule has 0 fully saturated rings. The van der Waals surface area contributed by atoms with Crippen LogP contribution in [0.2, 0.25) is 0 Å². The molecule has 0 saturated carbocycles. The molecule has 0 aliphatic rings. The lowest BCUT2D eigenvalue weighted by Crippen LogP contribution is -2.16. The second-order valence-electron chi connectivity index (χ2n) is 4.96. The Labute approximate surface area is 119 Å². The number of hydrogen-bond donors (Lipinski definition) is 0. The summed E-state index contributed by atoms with van der Waals surface area (Å²) < 4.78 is 29.3. The van der Waals surface area contributed by atoms with Crippen molar-refractivity contribution in [2.24, 2.45) is 7.05 Å². The van der Waals surface area contributed by atoms with Gasteiger partial charge in [0, 0.05) is 36.8 Å². The Morgan fingerprint density at radius 2 is 1.86 bits per heavy atom. The number of nitrogens with zero attached hydrogens (tertiary/aromatic N) is 2. The van der Waals surface area contributed by atoms with Gasteiger partial charge in [0.15, 0.2) is 0 Å². The van der Waals surface area contributed by atoms with Gasteiger partial charge in [0.1, 0.15) is 11.6 Å². The first-order valence-electron chi connectivity index (χ1n) is 6.38. The van der Waals surface area contributed by atoms with Crippen molar-refractivity contribution >= 4 is 10.8 Å². The molecule has 0 atom stereocenters. The van der Waals surface area contributed by atoms with E-state index in [0.717, 1.165) is 12.1 Å². The van der Waals surface area contributed by atoms with Gasteiger partial charge in [0.2, 0.25) is 0 Å². The largest absolute Gasteiger partial charge is 0.317 e. The summed E-state index contributed by atoms with van der Waals surface area (Å²) in [7, 11) is 1.57. The lowest BCUT2D eigenvalue weighted by molar-refractivity contribution is 0.595. The zero-order chi connectivity index (χ0) is 15.1. The van der Waals surface area contributed by atoms with Crippen LogP contribution in [0.1, 0.15) is 5.56 Å². The molecule has 0 aliphatic heterocycles. The Morgan fingerprint density at radius 1 is 1.10 bits per heavy atom. The standard InChI is InChI=1S/C16H12F2N2O/c1-9-5-15(18)11(6-14(9)17)13-8-20(2)16(21)12-7-19-4-3-10(12)13/h3-8H,1-2H3. The molecule has 3 nitrogen and oxygen atoms in total. The summed E-state index contributed by atoms with van der Waals surface area (Å²) in [6.45, 7) is 1.50. The molecule has 2 aromatic heterocycles. The van der Waals surface area contributed by atoms with Crippen LogP contribution >= 0.6 is 0 Å². The summed E-state index contributed by atoms with van der Waals surface area (Å²) in [5, 5.41) is 0.924. The van der Waals surface area contributed by atoms with E-state index in [-0.39, 0.29) is 16.7 Å². The fraction of sp³-hybridized carbons (Fsp3) is 0.125. The SMILES string of the molecule is Cc1cc(F)c(-c2cn(C)c(=O)c3cnccc23)cc1F. The van der Waals surface area contributed by atoms with Crippen LogP contribution in [0.25, 0.3) is 21.9 Å². The Bertz CT molecular complexity index is 916. The summed E-state index contributed by atoms with van der Waals surface area (Å²) in [4.78, 5) is 16.0. The summed E-state index contributed by atoms with van der Waals surface area (Å²) in [5.74, 6) is -1.01. The van der Waals surface area contributed by atoms with E-state index >= 15 is 0 Å². The normalized spacial score (nSPS) is 11.0. The fourth-order valence-electron chi connectivity index (χ4n) is 2.38. The minimum Gasteiger partial charge on any atom is -0.317 e. The van der Waals surface area contributed by atoms with Gasteiger partial charge in [-0.25, -0.2) is 8.78 Å². The Kier molecular flexibility index (Phi) is 3.05. The molecule has 3 aromatic rings. The molecule has 3 rings (SSSR count). The fourth-order valence-corrected chi connectivity index (χ4v) is 2.38. The maximum atomic E-state index is 14.2. The smallest absolute Gasteiger partial charge is 0.259 e. The highest BCUT2D eigenvalue weighted by atomic mass is 19.1. The molecular weight excluding hydrogens is 274 g/mol. The number of fused-ring (bicyclic) bond motifs is 1. The third-order valence-corrected chi connectivity index (χ3v) is 3.52. The van der Waals surface area contributed by atoms with Gasteiger partial charge in [-0.15, -0.1) is 0 Å². The van der Waals surface area contributed by atoms with Gasteiger partial charge in [-0.05, 0) is 36.1 Å². The van der Waals surface area contributed by atoms with Crippen LogP contribution in [0.5, 0.6) is 0 Å². The molecule has 106 valence electrons. The molecular formula is C16H12F2N2O. The van der Waals surface area contributed by atoms with Gasteiger partial charge in [-0.3, -0.25) is 9.78 Å². The molecule has 0 spiro atoms. The molecule has 21 heavy (non-hydrogen) atoms. The average Bonchev–Trinajstić information content (AvgIpc) is 2.47. The Balaban J connectivity index is 2.44. The van der Waals surface area contributed by atoms with Crippen LogP contribution in [0.4, 0.5) is 8.78 Å². The van der Waals surface area contributed by atoms with Gasteiger partial charge >= 0.3 is 0 Å². The number of rotatable bonds is 1. The van der Waals surface area contributed by atoms with E-state index in [1.165, 1.54) is 30.1 Å². The van der Waals surface area contributed by atoms with Crippen LogP contribution in [0.15, 0.2) is 41.6 Å². The van der Waals surface area contributed by atoms with Gasteiger partial charge in [0.25, 0.3) is 5.56 Å². The van der Waals surface area contributed by atoms with Gasteiger partial charge in [-0.2, -0.15) is 0 Å². The van der Waals surface area contributed by atoms with Crippen molar-refractivity contribution in [2.75, 3.05) is 0 Å². The quantitative estimate of drug-likeness (QED) is 0.688. The minimum atomic E-state index is -0.523. The van der Waals surface area contributed by atoms with E-state index in [0.29, 0.717) is 16.3 Å². The number of benzene rings is 1. The summed E-state index contributed by atoms with van der Waals surface area (Å²) in [6.07, 6.45) is 4.47. The van der Waals surface area contributed by atoms with Crippen LogP contribution in [-0.4, -0.2) is 9.55 Å². The molecule has 0 radical (unpaired) electrons. The van der Waals surface area contributed by atoms with Crippen LogP contribution < -0.4 is 5.56 Å². The first kappa shape index (κ1) is 13.4. The molecule has 0 saturated heterocycles. The highest BCUT2D eigenvalue weighted by molar-refractivity contribution is 5.95. The third-order valence-electron chi connectivity index (χ3n) is 3.52. The minimum absolute atomic E-state index is 0.130. The zero-order valence-corrected chi connectivity index (χ0v) is 11.5. The maximum absolute atomic E-state index is 14.2. The first-order valence-corrected chi connectivity index (χ1v) is 6.38. The van der Waals surface area contributed by atoms with Crippen molar-refractivity contribution < 1.29 is 8.78 Å². The van der Waals surface area contributed by atoms with E-state index in [2.05, 4.69) is 4.98 Å². The first-order chi connectivity index (χ1) is 9.99. The van der Waals surface area contributed by atoms with E-state index in [1.807, 2.05) is 0 Å². The highest BCUT2D eigenvalue weighted by Crippen LogP contribution is 2.30. The zero-order valence-electron chi connectivity index (χ0n) is 11.5. The van der Waals surface area contributed by atoms with Crippen molar-refractivity contribution in [3.05, 3.63) is 64.3 Å². The van der Waals surface area contributed by atoms with Crippen LogP contribution in [0.3, 0.4) is 0 Å². The monoisotopic (exact) mass is 286 g/mol. The number of aryl methyl sites for hydroxylation is 2. The Morgan fingerprint density at radius 3 is 2.62 bits per heavy atom. The molecule has 5 heteroatoms. The highest BCUT2D eigenvalue weighted by Gasteiger charge is 2.14. The van der Waals surface area contributed by atoms with E-state index < -0.39 is 11.6 Å². The maximum Gasteiger partial charge on any atom is 0.259 e. The molecule has 2 heterocycles. The predicted octanol–water partition coefficient (Wildman–Crippen LogP) is 3.19. The topological polar surface area (TPSA) is 34.9 Å².